The molecule has 0 saturated heterocycles. The van der Waals surface area contributed by atoms with E-state index in [0.29, 0.717) is 12.5 Å². The number of hydrogen-bond acceptors (Lipinski definition) is 2. The van der Waals surface area contributed by atoms with E-state index in [1.807, 2.05) is 24.3 Å². The maximum atomic E-state index is 6.33. The van der Waals surface area contributed by atoms with Crippen molar-refractivity contribution in [2.24, 2.45) is 0 Å². The first-order chi connectivity index (χ1) is 16.2. The summed E-state index contributed by atoms with van der Waals surface area (Å²) in [4.78, 5) is 0. The molecule has 0 aliphatic carbocycles. The molecule has 33 heavy (non-hydrogen) atoms. The predicted octanol–water partition coefficient (Wildman–Crippen LogP) is 8.20. The summed E-state index contributed by atoms with van der Waals surface area (Å²) in [6.45, 7) is 5.05. The molecule has 0 N–H and O–H groups in total. The SMILES string of the molecule is CCC(C)c1ccc(OC(OCCc2ccccc2)c2ccc(-c3ccccc3)cc2)cc1. The Balaban J connectivity index is 1.50. The van der Waals surface area contributed by atoms with Crippen LogP contribution in [0, 0.1) is 0 Å². The van der Waals surface area contributed by atoms with Crippen molar-refractivity contribution in [1.29, 1.82) is 0 Å². The van der Waals surface area contributed by atoms with Gasteiger partial charge in [-0.2, -0.15) is 0 Å². The van der Waals surface area contributed by atoms with E-state index < -0.39 is 6.29 Å². The molecular weight excluding hydrogens is 404 g/mol. The normalized spacial score (nSPS) is 12.8. The third kappa shape index (κ3) is 6.34. The van der Waals surface area contributed by atoms with Gasteiger partial charge in [-0.1, -0.05) is 111 Å². The molecule has 0 radical (unpaired) electrons. The Labute approximate surface area is 197 Å². The molecule has 0 spiro atoms. The lowest BCUT2D eigenvalue weighted by Gasteiger charge is -2.21. The molecule has 2 unspecified atom stereocenters. The number of ether oxygens (including phenoxy) is 2. The fourth-order valence-electron chi connectivity index (χ4n) is 3.82. The average molecular weight is 437 g/mol. The van der Waals surface area contributed by atoms with Gasteiger partial charge in [-0.25, -0.2) is 0 Å². The molecule has 4 aromatic carbocycles. The van der Waals surface area contributed by atoms with Crippen molar-refractivity contribution in [3.8, 4) is 16.9 Å². The van der Waals surface area contributed by atoms with Crippen LogP contribution in [0.15, 0.2) is 109 Å². The molecule has 2 nitrogen and oxygen atoms in total. The molecule has 0 aliphatic heterocycles. The predicted molar refractivity (Wildman–Crippen MR) is 136 cm³/mol. The summed E-state index contributed by atoms with van der Waals surface area (Å²) < 4.78 is 12.6. The lowest BCUT2D eigenvalue weighted by molar-refractivity contribution is -0.0825. The van der Waals surface area contributed by atoms with Crippen LogP contribution in [0.5, 0.6) is 5.75 Å². The second-order valence-corrected chi connectivity index (χ2v) is 8.42. The summed E-state index contributed by atoms with van der Waals surface area (Å²) in [6, 6.07) is 37.7. The Hall–Kier alpha value is -3.36. The van der Waals surface area contributed by atoms with Crippen LogP contribution in [0.3, 0.4) is 0 Å². The van der Waals surface area contributed by atoms with E-state index in [2.05, 4.69) is 98.8 Å². The first-order valence-electron chi connectivity index (χ1n) is 11.8. The molecule has 2 heteroatoms. The summed E-state index contributed by atoms with van der Waals surface area (Å²) in [5, 5.41) is 0. The van der Waals surface area contributed by atoms with Crippen molar-refractivity contribution >= 4 is 0 Å². The van der Waals surface area contributed by atoms with Crippen LogP contribution in [0.4, 0.5) is 0 Å². The summed E-state index contributed by atoms with van der Waals surface area (Å²) in [5.41, 5.74) is 5.98. The largest absolute Gasteiger partial charge is 0.461 e. The molecule has 4 aromatic rings. The highest BCUT2D eigenvalue weighted by Crippen LogP contribution is 2.28. The smallest absolute Gasteiger partial charge is 0.226 e. The van der Waals surface area contributed by atoms with Crippen molar-refractivity contribution in [3.63, 3.8) is 0 Å². The summed E-state index contributed by atoms with van der Waals surface area (Å²) in [5.74, 6) is 1.36. The Morgan fingerprint density at radius 2 is 1.21 bits per heavy atom. The minimum absolute atomic E-state index is 0.465. The van der Waals surface area contributed by atoms with Crippen molar-refractivity contribution in [2.75, 3.05) is 6.61 Å². The van der Waals surface area contributed by atoms with Crippen LogP contribution in [-0.4, -0.2) is 6.61 Å². The second kappa shape index (κ2) is 11.5. The van der Waals surface area contributed by atoms with Crippen molar-refractivity contribution in [3.05, 3.63) is 126 Å². The zero-order valence-corrected chi connectivity index (χ0v) is 19.5. The monoisotopic (exact) mass is 436 g/mol. The van der Waals surface area contributed by atoms with E-state index in [-0.39, 0.29) is 0 Å². The van der Waals surface area contributed by atoms with E-state index in [1.165, 1.54) is 22.3 Å². The molecule has 0 aromatic heterocycles. The summed E-state index contributed by atoms with van der Waals surface area (Å²) in [6.07, 6.45) is 1.50. The zero-order chi connectivity index (χ0) is 22.9. The van der Waals surface area contributed by atoms with Gasteiger partial charge in [0.15, 0.2) is 0 Å². The Morgan fingerprint density at radius 3 is 1.85 bits per heavy atom. The van der Waals surface area contributed by atoms with Crippen LogP contribution in [0.1, 0.15) is 49.2 Å². The molecule has 0 bridgehead atoms. The highest BCUT2D eigenvalue weighted by atomic mass is 16.7. The number of benzene rings is 4. The molecule has 0 fully saturated rings. The molecule has 0 heterocycles. The first-order valence-corrected chi connectivity index (χ1v) is 11.8. The van der Waals surface area contributed by atoms with Crippen molar-refractivity contribution in [2.45, 2.75) is 38.9 Å². The van der Waals surface area contributed by atoms with E-state index in [0.717, 1.165) is 24.2 Å². The highest BCUT2D eigenvalue weighted by molar-refractivity contribution is 5.63. The number of hydrogen-bond donors (Lipinski definition) is 0. The van der Waals surface area contributed by atoms with Gasteiger partial charge in [0.1, 0.15) is 5.75 Å². The Morgan fingerprint density at radius 1 is 0.636 bits per heavy atom. The third-order valence-corrected chi connectivity index (χ3v) is 6.10. The van der Waals surface area contributed by atoms with Crippen LogP contribution in [0.2, 0.25) is 0 Å². The minimum Gasteiger partial charge on any atom is -0.461 e. The van der Waals surface area contributed by atoms with Gasteiger partial charge in [0, 0.05) is 5.56 Å². The van der Waals surface area contributed by atoms with Gasteiger partial charge in [-0.05, 0) is 53.1 Å². The van der Waals surface area contributed by atoms with Gasteiger partial charge in [0.05, 0.1) is 6.61 Å². The zero-order valence-electron chi connectivity index (χ0n) is 19.5. The van der Waals surface area contributed by atoms with E-state index >= 15 is 0 Å². The molecule has 2 atom stereocenters. The fourth-order valence-corrected chi connectivity index (χ4v) is 3.82. The minimum atomic E-state index is -0.465. The quantitative estimate of drug-likeness (QED) is 0.233. The Kier molecular flexibility index (Phi) is 7.94. The molecule has 0 aliphatic rings. The highest BCUT2D eigenvalue weighted by Gasteiger charge is 2.15. The maximum absolute atomic E-state index is 6.33. The average Bonchev–Trinajstić information content (AvgIpc) is 2.89. The van der Waals surface area contributed by atoms with Crippen LogP contribution in [0.25, 0.3) is 11.1 Å². The van der Waals surface area contributed by atoms with Crippen LogP contribution >= 0.6 is 0 Å². The van der Waals surface area contributed by atoms with Gasteiger partial charge >= 0.3 is 0 Å². The third-order valence-electron chi connectivity index (χ3n) is 6.10. The molecule has 0 amide bonds. The molecule has 4 rings (SSSR count). The van der Waals surface area contributed by atoms with Gasteiger partial charge in [-0.15, -0.1) is 0 Å². The summed E-state index contributed by atoms with van der Waals surface area (Å²) >= 11 is 0. The van der Waals surface area contributed by atoms with Crippen LogP contribution in [-0.2, 0) is 11.2 Å². The lowest BCUT2D eigenvalue weighted by Crippen LogP contribution is -2.14. The van der Waals surface area contributed by atoms with E-state index in [1.54, 1.807) is 0 Å². The lowest BCUT2D eigenvalue weighted by atomic mass is 9.99. The standard InChI is InChI=1S/C31H32O2/c1-3-24(2)26-18-20-30(21-19-26)33-31(32-23-22-25-10-6-4-7-11-25)29-16-14-28(15-17-29)27-12-8-5-9-13-27/h4-21,24,31H,3,22-23H2,1-2H3. The van der Waals surface area contributed by atoms with Crippen molar-refractivity contribution < 1.29 is 9.47 Å². The van der Waals surface area contributed by atoms with Crippen molar-refractivity contribution in [1.82, 2.24) is 0 Å². The topological polar surface area (TPSA) is 18.5 Å². The van der Waals surface area contributed by atoms with Gasteiger partial charge < -0.3 is 9.47 Å². The molecule has 0 saturated carbocycles. The van der Waals surface area contributed by atoms with E-state index in [9.17, 15) is 0 Å². The second-order valence-electron chi connectivity index (χ2n) is 8.42. The number of rotatable bonds is 10. The van der Waals surface area contributed by atoms with E-state index in [4.69, 9.17) is 9.47 Å². The van der Waals surface area contributed by atoms with Crippen LogP contribution < -0.4 is 4.74 Å². The van der Waals surface area contributed by atoms with Gasteiger partial charge in [0.25, 0.3) is 0 Å². The molecular formula is C31H32O2. The fraction of sp³-hybridized carbons (Fsp3) is 0.226. The van der Waals surface area contributed by atoms with Gasteiger partial charge in [0.2, 0.25) is 6.29 Å². The molecule has 168 valence electrons. The van der Waals surface area contributed by atoms with Gasteiger partial charge in [-0.3, -0.25) is 0 Å². The summed E-state index contributed by atoms with van der Waals surface area (Å²) in [7, 11) is 0. The first kappa shape index (κ1) is 22.8. The Bertz CT molecular complexity index is 1090. The maximum Gasteiger partial charge on any atom is 0.226 e.